The van der Waals surface area contributed by atoms with Crippen molar-refractivity contribution >= 4 is 17.6 Å². The van der Waals surface area contributed by atoms with Gasteiger partial charge in [-0.3, -0.25) is 0 Å². The first kappa shape index (κ1) is 9.39. The van der Waals surface area contributed by atoms with E-state index in [0.29, 0.717) is 6.04 Å². The Morgan fingerprint density at radius 3 is 2.58 bits per heavy atom. The molecular weight excluding hydrogens is 168 g/mol. The minimum absolute atomic E-state index is 0.442. The standard InChI is InChI=1S/C9H14N2S/c1-7(2)11-9-5-4-8(12-3)6-10-9/h4-7H,1-3H3,(H,10,11). The normalized spacial score (nSPS) is 10.3. The molecule has 1 N–H and O–H groups in total. The van der Waals surface area contributed by atoms with Gasteiger partial charge in [-0.05, 0) is 32.2 Å². The minimum atomic E-state index is 0.442. The van der Waals surface area contributed by atoms with Crippen LogP contribution in [0.25, 0.3) is 0 Å². The zero-order valence-electron chi connectivity index (χ0n) is 7.66. The van der Waals surface area contributed by atoms with Gasteiger partial charge in [-0.15, -0.1) is 11.8 Å². The maximum atomic E-state index is 4.26. The first-order valence-corrected chi connectivity index (χ1v) is 5.21. The second-order valence-electron chi connectivity index (χ2n) is 2.88. The molecule has 0 radical (unpaired) electrons. The highest BCUT2D eigenvalue weighted by molar-refractivity contribution is 7.98. The third-order valence-corrected chi connectivity index (χ3v) is 2.12. The van der Waals surface area contributed by atoms with Gasteiger partial charge in [-0.25, -0.2) is 4.98 Å². The van der Waals surface area contributed by atoms with E-state index < -0.39 is 0 Å². The Labute approximate surface area is 77.8 Å². The van der Waals surface area contributed by atoms with E-state index in [-0.39, 0.29) is 0 Å². The quantitative estimate of drug-likeness (QED) is 0.727. The lowest BCUT2D eigenvalue weighted by molar-refractivity contribution is 0.888. The van der Waals surface area contributed by atoms with Crippen LogP contribution in [0.1, 0.15) is 13.8 Å². The Balaban J connectivity index is 2.65. The lowest BCUT2D eigenvalue weighted by Gasteiger charge is -2.08. The number of nitrogens with one attached hydrogen (secondary N) is 1. The first-order chi connectivity index (χ1) is 5.72. The van der Waals surface area contributed by atoms with Crippen molar-refractivity contribution in [3.8, 4) is 0 Å². The summed E-state index contributed by atoms with van der Waals surface area (Å²) in [5, 5.41) is 3.24. The van der Waals surface area contributed by atoms with Gasteiger partial charge in [0.2, 0.25) is 0 Å². The van der Waals surface area contributed by atoms with Crippen LogP contribution in [0.4, 0.5) is 5.82 Å². The summed E-state index contributed by atoms with van der Waals surface area (Å²) in [5.41, 5.74) is 0. The van der Waals surface area contributed by atoms with Crippen LogP contribution in [0.2, 0.25) is 0 Å². The molecule has 12 heavy (non-hydrogen) atoms. The van der Waals surface area contributed by atoms with Crippen LogP contribution < -0.4 is 5.32 Å². The number of rotatable bonds is 3. The van der Waals surface area contributed by atoms with Crippen LogP contribution in [0.15, 0.2) is 23.2 Å². The number of hydrogen-bond acceptors (Lipinski definition) is 3. The van der Waals surface area contributed by atoms with Crippen molar-refractivity contribution < 1.29 is 0 Å². The van der Waals surface area contributed by atoms with Gasteiger partial charge in [0.05, 0.1) is 0 Å². The summed E-state index contributed by atoms with van der Waals surface area (Å²) in [6.07, 6.45) is 3.93. The SMILES string of the molecule is CSc1ccc(NC(C)C)nc1. The third kappa shape index (κ3) is 2.74. The van der Waals surface area contributed by atoms with Gasteiger partial charge in [-0.2, -0.15) is 0 Å². The molecule has 1 rings (SSSR count). The molecule has 2 nitrogen and oxygen atoms in total. The molecule has 1 aromatic rings. The molecule has 0 aliphatic rings. The summed E-state index contributed by atoms with van der Waals surface area (Å²) in [6.45, 7) is 4.20. The highest BCUT2D eigenvalue weighted by atomic mass is 32.2. The summed E-state index contributed by atoms with van der Waals surface area (Å²) >= 11 is 1.71. The second-order valence-corrected chi connectivity index (χ2v) is 3.76. The van der Waals surface area contributed by atoms with Crippen molar-refractivity contribution in [2.45, 2.75) is 24.8 Å². The summed E-state index contributed by atoms with van der Waals surface area (Å²) in [7, 11) is 0. The van der Waals surface area contributed by atoms with Gasteiger partial charge in [0, 0.05) is 17.1 Å². The molecule has 0 fully saturated rings. The molecule has 3 heteroatoms. The Morgan fingerprint density at radius 2 is 2.17 bits per heavy atom. The minimum Gasteiger partial charge on any atom is -0.368 e. The number of pyridine rings is 1. The predicted octanol–water partition coefficient (Wildman–Crippen LogP) is 2.62. The molecule has 0 amide bonds. The van der Waals surface area contributed by atoms with E-state index in [0.717, 1.165) is 5.82 Å². The number of thioether (sulfide) groups is 1. The molecule has 0 aliphatic carbocycles. The van der Waals surface area contributed by atoms with Gasteiger partial charge in [0.1, 0.15) is 5.82 Å². The molecule has 0 aliphatic heterocycles. The summed E-state index contributed by atoms with van der Waals surface area (Å²) in [5.74, 6) is 0.947. The van der Waals surface area contributed by atoms with Crippen molar-refractivity contribution in [2.75, 3.05) is 11.6 Å². The van der Waals surface area contributed by atoms with E-state index in [9.17, 15) is 0 Å². The molecule has 0 saturated heterocycles. The molecule has 0 bridgehead atoms. The molecule has 0 unspecified atom stereocenters. The fourth-order valence-corrected chi connectivity index (χ4v) is 1.24. The molecule has 0 saturated carbocycles. The van der Waals surface area contributed by atoms with Crippen molar-refractivity contribution in [3.05, 3.63) is 18.3 Å². The molecule has 0 atom stereocenters. The van der Waals surface area contributed by atoms with Crippen molar-refractivity contribution in [2.24, 2.45) is 0 Å². The molecule has 0 aromatic carbocycles. The fraction of sp³-hybridized carbons (Fsp3) is 0.444. The largest absolute Gasteiger partial charge is 0.368 e. The van der Waals surface area contributed by atoms with E-state index >= 15 is 0 Å². The van der Waals surface area contributed by atoms with Crippen LogP contribution in [0.5, 0.6) is 0 Å². The van der Waals surface area contributed by atoms with Gasteiger partial charge in [-0.1, -0.05) is 0 Å². The highest BCUT2D eigenvalue weighted by Crippen LogP contribution is 2.14. The Kier molecular flexibility index (Phi) is 3.41. The summed E-state index contributed by atoms with van der Waals surface area (Å²) in [4.78, 5) is 5.46. The highest BCUT2D eigenvalue weighted by Gasteiger charge is 1.95. The van der Waals surface area contributed by atoms with Crippen molar-refractivity contribution in [1.82, 2.24) is 4.98 Å². The lowest BCUT2D eigenvalue weighted by Crippen LogP contribution is -2.10. The third-order valence-electron chi connectivity index (χ3n) is 1.41. The van der Waals surface area contributed by atoms with Crippen LogP contribution in [-0.2, 0) is 0 Å². The summed E-state index contributed by atoms with van der Waals surface area (Å²) in [6, 6.07) is 4.52. The van der Waals surface area contributed by atoms with E-state index in [2.05, 4.69) is 30.2 Å². The van der Waals surface area contributed by atoms with Gasteiger partial charge in [0.25, 0.3) is 0 Å². The number of nitrogens with zero attached hydrogens (tertiary/aromatic N) is 1. The zero-order valence-corrected chi connectivity index (χ0v) is 8.48. The van der Waals surface area contributed by atoms with E-state index in [1.807, 2.05) is 18.5 Å². The Hall–Kier alpha value is -0.700. The molecule has 1 heterocycles. The lowest BCUT2D eigenvalue weighted by atomic mass is 10.4. The number of aromatic nitrogens is 1. The zero-order chi connectivity index (χ0) is 8.97. The topological polar surface area (TPSA) is 24.9 Å². The van der Waals surface area contributed by atoms with Crippen molar-refractivity contribution in [1.29, 1.82) is 0 Å². The van der Waals surface area contributed by atoms with Crippen LogP contribution in [0.3, 0.4) is 0 Å². The van der Waals surface area contributed by atoms with Gasteiger partial charge in [0.15, 0.2) is 0 Å². The second kappa shape index (κ2) is 4.36. The maximum absolute atomic E-state index is 4.26. The van der Waals surface area contributed by atoms with E-state index in [1.165, 1.54) is 4.90 Å². The fourth-order valence-electron chi connectivity index (χ4n) is 0.882. The monoisotopic (exact) mass is 182 g/mol. The average molecular weight is 182 g/mol. The van der Waals surface area contributed by atoms with E-state index in [1.54, 1.807) is 11.8 Å². The molecule has 66 valence electrons. The smallest absolute Gasteiger partial charge is 0.126 e. The molecular formula is C9H14N2S. The average Bonchev–Trinajstić information content (AvgIpc) is 2.05. The first-order valence-electron chi connectivity index (χ1n) is 3.99. The Bertz CT molecular complexity index is 231. The van der Waals surface area contributed by atoms with Crippen LogP contribution in [-0.4, -0.2) is 17.3 Å². The van der Waals surface area contributed by atoms with E-state index in [4.69, 9.17) is 0 Å². The Morgan fingerprint density at radius 1 is 1.42 bits per heavy atom. The van der Waals surface area contributed by atoms with Gasteiger partial charge < -0.3 is 5.32 Å². The van der Waals surface area contributed by atoms with Gasteiger partial charge >= 0.3 is 0 Å². The predicted molar refractivity (Wildman–Crippen MR) is 54.8 cm³/mol. The molecule has 0 spiro atoms. The van der Waals surface area contributed by atoms with Crippen molar-refractivity contribution in [3.63, 3.8) is 0 Å². The number of anilines is 1. The van der Waals surface area contributed by atoms with Crippen LogP contribution >= 0.6 is 11.8 Å². The molecule has 1 aromatic heterocycles. The summed E-state index contributed by atoms with van der Waals surface area (Å²) < 4.78 is 0. The number of hydrogen-bond donors (Lipinski definition) is 1. The van der Waals surface area contributed by atoms with Crippen LogP contribution in [0, 0.1) is 0 Å². The maximum Gasteiger partial charge on any atom is 0.126 e.